The molecule has 1 fully saturated rings. The van der Waals surface area contributed by atoms with Crippen LogP contribution in [0.5, 0.6) is 0 Å². The average Bonchev–Trinajstić information content (AvgIpc) is 3.25. The fraction of sp³-hybridized carbons (Fsp3) is 0.412. The fourth-order valence-electron chi connectivity index (χ4n) is 2.93. The minimum atomic E-state index is -0.952. The van der Waals surface area contributed by atoms with Crippen LogP contribution in [0.4, 0.5) is 4.39 Å². The second-order valence-electron chi connectivity index (χ2n) is 5.96. The van der Waals surface area contributed by atoms with Gasteiger partial charge in [0.15, 0.2) is 0 Å². The molecule has 132 valence electrons. The third-order valence-corrected chi connectivity index (χ3v) is 4.21. The van der Waals surface area contributed by atoms with Crippen LogP contribution in [0.25, 0.3) is 11.4 Å². The van der Waals surface area contributed by atoms with Crippen molar-refractivity contribution in [2.45, 2.75) is 38.1 Å². The van der Waals surface area contributed by atoms with Gasteiger partial charge in [-0.1, -0.05) is 5.16 Å². The van der Waals surface area contributed by atoms with Crippen LogP contribution < -0.4 is 0 Å². The summed E-state index contributed by atoms with van der Waals surface area (Å²) in [6, 6.07) is 5.05. The molecule has 1 aromatic heterocycles. The van der Waals surface area contributed by atoms with Crippen molar-refractivity contribution in [2.24, 2.45) is 0 Å². The van der Waals surface area contributed by atoms with Gasteiger partial charge in [-0.3, -0.25) is 4.79 Å². The van der Waals surface area contributed by atoms with Gasteiger partial charge in [0.2, 0.25) is 17.6 Å². The zero-order valence-electron chi connectivity index (χ0n) is 13.5. The Hall–Kier alpha value is -2.77. The molecule has 0 unspecified atom stereocenters. The summed E-state index contributed by atoms with van der Waals surface area (Å²) in [7, 11) is 0. The number of likely N-dealkylation sites (tertiary alicyclic amines) is 1. The maximum Gasteiger partial charge on any atom is 0.326 e. The third kappa shape index (κ3) is 4.01. The highest BCUT2D eigenvalue weighted by Crippen LogP contribution is 2.20. The number of carbonyl (C=O) groups is 2. The lowest BCUT2D eigenvalue weighted by Gasteiger charge is -2.21. The Morgan fingerprint density at radius 1 is 1.32 bits per heavy atom. The van der Waals surface area contributed by atoms with Crippen LogP contribution in [0.1, 0.15) is 31.6 Å². The van der Waals surface area contributed by atoms with Gasteiger partial charge in [0.1, 0.15) is 11.9 Å². The molecular weight excluding hydrogens is 329 g/mol. The Balaban J connectivity index is 1.52. The molecule has 0 spiro atoms. The summed E-state index contributed by atoms with van der Waals surface area (Å²) in [6.45, 7) is 0.491. The molecule has 1 N–H and O–H groups in total. The van der Waals surface area contributed by atoms with Crippen molar-refractivity contribution in [3.05, 3.63) is 36.0 Å². The number of hydrogen-bond donors (Lipinski definition) is 1. The molecule has 25 heavy (non-hydrogen) atoms. The number of amides is 1. The first-order chi connectivity index (χ1) is 12.0. The molecule has 0 bridgehead atoms. The van der Waals surface area contributed by atoms with Crippen molar-refractivity contribution in [2.75, 3.05) is 6.54 Å². The molecule has 1 saturated heterocycles. The quantitative estimate of drug-likeness (QED) is 0.861. The van der Waals surface area contributed by atoms with Crippen molar-refractivity contribution in [3.63, 3.8) is 0 Å². The maximum absolute atomic E-state index is 12.9. The van der Waals surface area contributed by atoms with Gasteiger partial charge in [-0.15, -0.1) is 0 Å². The van der Waals surface area contributed by atoms with Gasteiger partial charge in [0.05, 0.1) is 0 Å². The van der Waals surface area contributed by atoms with Crippen molar-refractivity contribution < 1.29 is 23.6 Å². The Bertz CT molecular complexity index is 760. The molecule has 1 aliphatic heterocycles. The van der Waals surface area contributed by atoms with E-state index in [-0.39, 0.29) is 18.1 Å². The van der Waals surface area contributed by atoms with Gasteiger partial charge in [-0.25, -0.2) is 9.18 Å². The lowest BCUT2D eigenvalue weighted by molar-refractivity contribution is -0.148. The molecule has 1 aliphatic rings. The van der Waals surface area contributed by atoms with Crippen molar-refractivity contribution in [3.8, 4) is 11.4 Å². The normalized spacial score (nSPS) is 17.0. The number of carboxylic acid groups (broad SMARTS) is 1. The molecular formula is C17H18FN3O4. The molecule has 0 radical (unpaired) electrons. The first kappa shape index (κ1) is 17.1. The number of rotatable bonds is 6. The summed E-state index contributed by atoms with van der Waals surface area (Å²) in [6.07, 6.45) is 2.37. The smallest absolute Gasteiger partial charge is 0.326 e. The molecule has 7 nitrogen and oxygen atoms in total. The maximum atomic E-state index is 12.9. The predicted molar refractivity (Wildman–Crippen MR) is 85.0 cm³/mol. The van der Waals surface area contributed by atoms with E-state index in [9.17, 15) is 14.0 Å². The molecule has 1 amide bonds. The Labute approximate surface area is 143 Å². The van der Waals surface area contributed by atoms with E-state index in [1.165, 1.54) is 17.0 Å². The van der Waals surface area contributed by atoms with Crippen molar-refractivity contribution >= 4 is 11.9 Å². The number of carboxylic acids is 1. The van der Waals surface area contributed by atoms with E-state index in [0.717, 1.165) is 0 Å². The lowest BCUT2D eigenvalue weighted by Crippen LogP contribution is -2.40. The molecule has 2 aromatic rings. The highest BCUT2D eigenvalue weighted by atomic mass is 19.1. The number of hydrogen-bond acceptors (Lipinski definition) is 5. The van der Waals surface area contributed by atoms with Gasteiger partial charge in [0.25, 0.3) is 0 Å². The van der Waals surface area contributed by atoms with E-state index in [0.29, 0.717) is 49.5 Å². The van der Waals surface area contributed by atoms with Gasteiger partial charge in [-0.2, -0.15) is 4.98 Å². The fourth-order valence-corrected chi connectivity index (χ4v) is 2.93. The van der Waals surface area contributed by atoms with E-state index < -0.39 is 12.0 Å². The molecule has 3 rings (SSSR count). The second-order valence-corrected chi connectivity index (χ2v) is 5.96. The standard InChI is InChI=1S/C17H18FN3O4/c18-12-8-6-11(7-9-12)16-19-14(25-20-16)4-1-5-15(22)21-10-2-3-13(21)17(23)24/h6-9,13H,1-5,10H2,(H,23,24)/t13-/m0/s1. The molecule has 2 heterocycles. The van der Waals surface area contributed by atoms with Gasteiger partial charge in [0, 0.05) is 24.9 Å². The number of aromatic nitrogens is 2. The van der Waals surface area contributed by atoms with Crippen molar-refractivity contribution in [1.82, 2.24) is 15.0 Å². The largest absolute Gasteiger partial charge is 0.480 e. The Morgan fingerprint density at radius 3 is 2.80 bits per heavy atom. The lowest BCUT2D eigenvalue weighted by atomic mass is 10.2. The van der Waals surface area contributed by atoms with Crippen LogP contribution in [0, 0.1) is 5.82 Å². The van der Waals surface area contributed by atoms with E-state index >= 15 is 0 Å². The topological polar surface area (TPSA) is 96.5 Å². The predicted octanol–water partition coefficient (Wildman–Crippen LogP) is 2.27. The molecule has 0 saturated carbocycles. The number of aryl methyl sites for hydroxylation is 1. The number of benzene rings is 1. The van der Waals surface area contributed by atoms with E-state index in [1.54, 1.807) is 12.1 Å². The number of halogens is 1. The number of nitrogens with zero attached hydrogens (tertiary/aromatic N) is 3. The summed E-state index contributed by atoms with van der Waals surface area (Å²) in [5.41, 5.74) is 0.647. The first-order valence-corrected chi connectivity index (χ1v) is 8.15. The molecule has 1 atom stereocenters. The zero-order valence-corrected chi connectivity index (χ0v) is 13.5. The first-order valence-electron chi connectivity index (χ1n) is 8.15. The SMILES string of the molecule is O=C(O)[C@@H]1CCCN1C(=O)CCCc1nc(-c2ccc(F)cc2)no1. The van der Waals surface area contributed by atoms with E-state index in [1.807, 2.05) is 0 Å². The van der Waals surface area contributed by atoms with Gasteiger partial charge >= 0.3 is 5.97 Å². The van der Waals surface area contributed by atoms with E-state index in [4.69, 9.17) is 9.63 Å². The van der Waals surface area contributed by atoms with Gasteiger partial charge in [-0.05, 0) is 43.5 Å². The second kappa shape index (κ2) is 7.42. The van der Waals surface area contributed by atoms with E-state index in [2.05, 4.69) is 10.1 Å². The van der Waals surface area contributed by atoms with Gasteiger partial charge < -0.3 is 14.5 Å². The van der Waals surface area contributed by atoms with Crippen LogP contribution in [-0.4, -0.2) is 44.6 Å². The third-order valence-electron chi connectivity index (χ3n) is 4.21. The minimum absolute atomic E-state index is 0.164. The highest BCUT2D eigenvalue weighted by molar-refractivity contribution is 5.84. The molecule has 0 aliphatic carbocycles. The van der Waals surface area contributed by atoms with Crippen LogP contribution >= 0.6 is 0 Å². The summed E-state index contributed by atoms with van der Waals surface area (Å²) in [5, 5.41) is 13.0. The Morgan fingerprint density at radius 2 is 2.08 bits per heavy atom. The summed E-state index contributed by atoms with van der Waals surface area (Å²) < 4.78 is 18.1. The molecule has 1 aromatic carbocycles. The summed E-state index contributed by atoms with van der Waals surface area (Å²) in [4.78, 5) is 28.9. The average molecular weight is 347 g/mol. The monoisotopic (exact) mass is 347 g/mol. The van der Waals surface area contributed by atoms with Crippen LogP contribution in [0.2, 0.25) is 0 Å². The van der Waals surface area contributed by atoms with Crippen LogP contribution in [0.3, 0.4) is 0 Å². The van der Waals surface area contributed by atoms with Crippen molar-refractivity contribution in [1.29, 1.82) is 0 Å². The number of carbonyl (C=O) groups excluding carboxylic acids is 1. The van der Waals surface area contributed by atoms with Crippen LogP contribution in [-0.2, 0) is 16.0 Å². The summed E-state index contributed by atoms with van der Waals surface area (Å²) in [5.74, 6) is -0.697. The molecule has 8 heteroatoms. The number of aliphatic carboxylic acids is 1. The Kier molecular flexibility index (Phi) is 5.06. The highest BCUT2D eigenvalue weighted by Gasteiger charge is 2.33. The van der Waals surface area contributed by atoms with Crippen LogP contribution in [0.15, 0.2) is 28.8 Å². The minimum Gasteiger partial charge on any atom is -0.480 e. The zero-order chi connectivity index (χ0) is 17.8. The summed E-state index contributed by atoms with van der Waals surface area (Å²) >= 11 is 0.